The van der Waals surface area contributed by atoms with Gasteiger partial charge < -0.3 is 5.32 Å². The standard InChI is InChI=1S/C22H33NO/c1-3-5-6-7-8-9-10-11-12-13-14-15-16-17-18-19-20-21-22(24)23-4-2/h3-10,13,16,19-21H2,1-2H3,(H,23,24). The molecule has 1 N–H and O–H groups in total. The van der Waals surface area contributed by atoms with E-state index in [1.807, 2.05) is 6.92 Å². The predicted molar refractivity (Wildman–Crippen MR) is 103 cm³/mol. The van der Waals surface area contributed by atoms with Gasteiger partial charge in [-0.15, -0.1) is 11.8 Å². The van der Waals surface area contributed by atoms with Crippen LogP contribution in [0.5, 0.6) is 0 Å². The summed E-state index contributed by atoms with van der Waals surface area (Å²) in [5.41, 5.74) is 0. The van der Waals surface area contributed by atoms with Crippen molar-refractivity contribution in [2.45, 2.75) is 90.9 Å². The van der Waals surface area contributed by atoms with Gasteiger partial charge >= 0.3 is 0 Å². The van der Waals surface area contributed by atoms with Crippen LogP contribution in [0.4, 0.5) is 0 Å². The molecule has 0 bridgehead atoms. The molecule has 0 heterocycles. The Balaban J connectivity index is 3.47. The lowest BCUT2D eigenvalue weighted by Gasteiger charge is -1.98. The van der Waals surface area contributed by atoms with E-state index in [1.165, 1.54) is 38.5 Å². The van der Waals surface area contributed by atoms with Crippen molar-refractivity contribution in [2.24, 2.45) is 0 Å². The summed E-state index contributed by atoms with van der Waals surface area (Å²) in [5.74, 6) is 18.5. The Kier molecular flexibility index (Phi) is 17.7. The Labute approximate surface area is 149 Å². The fourth-order valence-corrected chi connectivity index (χ4v) is 2.13. The van der Waals surface area contributed by atoms with Crippen molar-refractivity contribution in [2.75, 3.05) is 6.54 Å². The number of hydrogen-bond donors (Lipinski definition) is 1. The average Bonchev–Trinajstić information content (AvgIpc) is 2.58. The molecule has 0 atom stereocenters. The van der Waals surface area contributed by atoms with Crippen molar-refractivity contribution in [3.63, 3.8) is 0 Å². The highest BCUT2D eigenvalue weighted by Gasteiger charge is 1.96. The Morgan fingerprint density at radius 3 is 1.88 bits per heavy atom. The fraction of sp³-hybridized carbons (Fsp3) is 0.682. The van der Waals surface area contributed by atoms with Crippen LogP contribution in [0.2, 0.25) is 0 Å². The molecule has 0 fully saturated rings. The van der Waals surface area contributed by atoms with Crippen LogP contribution in [-0.2, 0) is 4.79 Å². The van der Waals surface area contributed by atoms with Gasteiger partial charge in [0.05, 0.1) is 12.8 Å². The van der Waals surface area contributed by atoms with Gasteiger partial charge in [-0.25, -0.2) is 0 Å². The van der Waals surface area contributed by atoms with Crippen molar-refractivity contribution in [1.82, 2.24) is 5.32 Å². The van der Waals surface area contributed by atoms with Gasteiger partial charge in [0.2, 0.25) is 5.91 Å². The Bertz CT molecular complexity index is 487. The second-order valence-electron chi connectivity index (χ2n) is 5.74. The third-order valence-corrected chi connectivity index (χ3v) is 3.46. The molecule has 0 unspecified atom stereocenters. The van der Waals surface area contributed by atoms with Crippen LogP contribution in [0, 0.1) is 35.5 Å². The van der Waals surface area contributed by atoms with Gasteiger partial charge in [0, 0.05) is 25.8 Å². The molecule has 0 aliphatic carbocycles. The summed E-state index contributed by atoms with van der Waals surface area (Å²) in [6.45, 7) is 4.87. The first-order valence-corrected chi connectivity index (χ1v) is 9.45. The van der Waals surface area contributed by atoms with E-state index in [0.717, 1.165) is 19.3 Å². The molecule has 0 rings (SSSR count). The monoisotopic (exact) mass is 327 g/mol. The molecule has 1 amide bonds. The molecule has 0 spiro atoms. The number of rotatable bonds is 10. The molecule has 2 nitrogen and oxygen atoms in total. The predicted octanol–water partition coefficient (Wildman–Crippen LogP) is 4.83. The Morgan fingerprint density at radius 1 is 0.708 bits per heavy atom. The van der Waals surface area contributed by atoms with Crippen LogP contribution in [0.1, 0.15) is 90.9 Å². The maximum absolute atomic E-state index is 11.2. The molecule has 132 valence electrons. The molecule has 0 aromatic rings. The van der Waals surface area contributed by atoms with E-state index < -0.39 is 0 Å². The van der Waals surface area contributed by atoms with Crippen LogP contribution < -0.4 is 5.32 Å². The second kappa shape index (κ2) is 19.2. The fourth-order valence-electron chi connectivity index (χ4n) is 2.13. The number of hydrogen-bond acceptors (Lipinski definition) is 1. The van der Waals surface area contributed by atoms with Gasteiger partial charge in [-0.3, -0.25) is 4.79 Å². The van der Waals surface area contributed by atoms with Crippen molar-refractivity contribution in [3.8, 4) is 35.5 Å². The van der Waals surface area contributed by atoms with Crippen molar-refractivity contribution in [1.29, 1.82) is 0 Å². The van der Waals surface area contributed by atoms with E-state index in [2.05, 4.69) is 47.8 Å². The van der Waals surface area contributed by atoms with Crippen molar-refractivity contribution in [3.05, 3.63) is 0 Å². The summed E-state index contributed by atoms with van der Waals surface area (Å²) in [4.78, 5) is 11.2. The highest BCUT2D eigenvalue weighted by atomic mass is 16.1. The third-order valence-electron chi connectivity index (χ3n) is 3.46. The third kappa shape index (κ3) is 18.2. The summed E-state index contributed by atoms with van der Waals surface area (Å²) < 4.78 is 0. The number of amides is 1. The van der Waals surface area contributed by atoms with Crippen LogP contribution in [-0.4, -0.2) is 12.5 Å². The number of carbonyl (C=O) groups is 1. The first kappa shape index (κ1) is 22.1. The zero-order valence-corrected chi connectivity index (χ0v) is 15.6. The number of nitrogens with one attached hydrogen (secondary N) is 1. The zero-order valence-electron chi connectivity index (χ0n) is 15.6. The topological polar surface area (TPSA) is 29.1 Å². The van der Waals surface area contributed by atoms with E-state index in [-0.39, 0.29) is 5.91 Å². The van der Waals surface area contributed by atoms with Crippen molar-refractivity contribution >= 4 is 5.91 Å². The van der Waals surface area contributed by atoms with Crippen LogP contribution in [0.15, 0.2) is 0 Å². The molecule has 0 radical (unpaired) electrons. The maximum Gasteiger partial charge on any atom is 0.220 e. The van der Waals surface area contributed by atoms with E-state index in [0.29, 0.717) is 25.8 Å². The minimum atomic E-state index is 0.110. The Hall–Kier alpha value is -1.85. The zero-order chi connectivity index (χ0) is 17.7. The van der Waals surface area contributed by atoms with E-state index >= 15 is 0 Å². The maximum atomic E-state index is 11.2. The largest absolute Gasteiger partial charge is 0.356 e. The van der Waals surface area contributed by atoms with Gasteiger partial charge in [-0.05, 0) is 19.8 Å². The Morgan fingerprint density at radius 2 is 1.25 bits per heavy atom. The molecular weight excluding hydrogens is 294 g/mol. The quantitative estimate of drug-likeness (QED) is 0.452. The van der Waals surface area contributed by atoms with Gasteiger partial charge in [0.25, 0.3) is 0 Å². The lowest BCUT2D eigenvalue weighted by Crippen LogP contribution is -2.21. The van der Waals surface area contributed by atoms with Crippen LogP contribution in [0.25, 0.3) is 0 Å². The van der Waals surface area contributed by atoms with E-state index in [4.69, 9.17) is 0 Å². The average molecular weight is 328 g/mol. The highest BCUT2D eigenvalue weighted by molar-refractivity contribution is 5.75. The van der Waals surface area contributed by atoms with Gasteiger partial charge in [-0.2, -0.15) is 0 Å². The van der Waals surface area contributed by atoms with Gasteiger partial charge in [-0.1, -0.05) is 62.7 Å². The SMILES string of the molecule is CCCCCCCCC#CCC#CCC#CCCCC(=O)NCC. The van der Waals surface area contributed by atoms with E-state index in [1.54, 1.807) is 0 Å². The van der Waals surface area contributed by atoms with Crippen molar-refractivity contribution < 1.29 is 4.79 Å². The molecule has 0 aliphatic heterocycles. The summed E-state index contributed by atoms with van der Waals surface area (Å²) >= 11 is 0. The summed E-state index contributed by atoms with van der Waals surface area (Å²) in [6.07, 6.45) is 12.3. The minimum absolute atomic E-state index is 0.110. The first-order chi connectivity index (χ1) is 11.8. The van der Waals surface area contributed by atoms with Crippen LogP contribution >= 0.6 is 0 Å². The molecular formula is C22H33NO. The molecule has 0 saturated carbocycles. The summed E-state index contributed by atoms with van der Waals surface area (Å²) in [6, 6.07) is 0. The van der Waals surface area contributed by atoms with E-state index in [9.17, 15) is 4.79 Å². The molecule has 0 saturated heterocycles. The minimum Gasteiger partial charge on any atom is -0.356 e. The lowest BCUT2D eigenvalue weighted by atomic mass is 10.1. The van der Waals surface area contributed by atoms with Gasteiger partial charge in [0.1, 0.15) is 0 Å². The number of unbranched alkanes of at least 4 members (excludes halogenated alkanes) is 7. The molecule has 0 aromatic heterocycles. The molecule has 0 aromatic carbocycles. The first-order valence-electron chi connectivity index (χ1n) is 9.45. The molecule has 0 aliphatic rings. The second-order valence-corrected chi connectivity index (χ2v) is 5.74. The normalized spacial score (nSPS) is 8.92. The summed E-state index contributed by atoms with van der Waals surface area (Å²) in [7, 11) is 0. The highest BCUT2D eigenvalue weighted by Crippen LogP contribution is 2.06. The summed E-state index contributed by atoms with van der Waals surface area (Å²) in [5, 5.41) is 2.78. The smallest absolute Gasteiger partial charge is 0.220 e. The lowest BCUT2D eigenvalue weighted by molar-refractivity contribution is -0.121. The van der Waals surface area contributed by atoms with Gasteiger partial charge in [0.15, 0.2) is 0 Å². The molecule has 24 heavy (non-hydrogen) atoms. The number of carbonyl (C=O) groups excluding carboxylic acids is 1. The van der Waals surface area contributed by atoms with Crippen LogP contribution in [0.3, 0.4) is 0 Å². The molecule has 2 heteroatoms.